The fourth-order valence-corrected chi connectivity index (χ4v) is 14.5. The Morgan fingerprint density at radius 1 is 0.265 bits per heavy atom. The zero-order valence-corrected chi connectivity index (χ0v) is 68.5. The zero-order chi connectivity index (χ0) is 74.8. The third-order valence-electron chi connectivity index (χ3n) is 19.5. The number of aliphatic hydroxyl groups is 1. The average molecular weight is 1490 g/mol. The molecule has 102 heavy (non-hydrogen) atoms. The number of unbranched alkanes of at least 4 members (excludes halogenated alkanes) is 55. The molecule has 606 valence electrons. The molecule has 17 nitrogen and oxygen atoms in total. The molecule has 0 aromatic heterocycles. The number of phosphoric ester groups is 2. The number of ether oxygens (including phenoxy) is 4. The third kappa shape index (κ3) is 76.3. The van der Waals surface area contributed by atoms with Crippen LogP contribution < -0.4 is 0 Å². The van der Waals surface area contributed by atoms with Gasteiger partial charge in [0.1, 0.15) is 19.3 Å². The molecule has 0 aliphatic carbocycles. The van der Waals surface area contributed by atoms with E-state index in [2.05, 4.69) is 34.6 Å². The Kier molecular flexibility index (Phi) is 74.4. The standard InChI is InChI=1S/C83H162O17P2/c1-6-9-12-15-18-21-23-25-27-29-31-33-35-37-39-41-43-48-53-58-63-68-82(87)100-79(73-94-81(86)67-62-57-52-47-42-40-38-36-34-32-30-28-26-24-22-19-16-13-10-7-2)75-98-102(91,92)96-71-77(84)70-95-101(89,90)97-74-78(72-93-80(85)66-61-56-51-20-17-14-11-8-3)99-83(88)69-64-59-54-49-45-44-46-50-55-60-65-76(4)5/h76-79,84H,6-75H2,1-5H3,(H,89,90)(H,91,92)/t77-,78+,79+/m0/s1. The monoisotopic (exact) mass is 1490 g/mol. The number of carbonyl (C=O) groups excluding carboxylic acids is 4. The molecule has 0 heterocycles. The minimum absolute atomic E-state index is 0.106. The summed E-state index contributed by atoms with van der Waals surface area (Å²) >= 11 is 0. The highest BCUT2D eigenvalue weighted by atomic mass is 31.2. The lowest BCUT2D eigenvalue weighted by atomic mass is 10.0. The van der Waals surface area contributed by atoms with Crippen molar-refractivity contribution in [3.05, 3.63) is 0 Å². The number of hydrogen-bond acceptors (Lipinski definition) is 15. The molecule has 0 aromatic carbocycles. The minimum atomic E-state index is -4.96. The maximum atomic E-state index is 13.1. The fourth-order valence-electron chi connectivity index (χ4n) is 12.9. The summed E-state index contributed by atoms with van der Waals surface area (Å²) in [7, 11) is -9.92. The summed E-state index contributed by atoms with van der Waals surface area (Å²) < 4.78 is 68.7. The summed E-state index contributed by atoms with van der Waals surface area (Å²) in [5.74, 6) is -1.36. The number of carbonyl (C=O) groups is 4. The molecule has 0 saturated heterocycles. The van der Waals surface area contributed by atoms with E-state index in [1.807, 2.05) is 0 Å². The average Bonchev–Trinajstić information content (AvgIpc) is 0.916. The molecule has 0 rings (SSSR count). The van der Waals surface area contributed by atoms with Gasteiger partial charge in [0.05, 0.1) is 26.4 Å². The second-order valence-corrected chi connectivity index (χ2v) is 33.3. The van der Waals surface area contributed by atoms with Crippen LogP contribution >= 0.6 is 15.6 Å². The first-order chi connectivity index (χ1) is 49.5. The van der Waals surface area contributed by atoms with Crippen LogP contribution in [0.4, 0.5) is 0 Å². The van der Waals surface area contributed by atoms with Crippen molar-refractivity contribution >= 4 is 39.5 Å². The summed E-state index contributed by atoms with van der Waals surface area (Å²) in [6.45, 7) is 7.30. The highest BCUT2D eigenvalue weighted by Crippen LogP contribution is 2.45. The topological polar surface area (TPSA) is 237 Å². The second kappa shape index (κ2) is 75.9. The van der Waals surface area contributed by atoms with Gasteiger partial charge in [-0.2, -0.15) is 0 Å². The Morgan fingerprint density at radius 3 is 0.667 bits per heavy atom. The van der Waals surface area contributed by atoms with Crippen LogP contribution in [0.25, 0.3) is 0 Å². The quantitative estimate of drug-likeness (QED) is 0.0222. The molecular formula is C83H162O17P2. The van der Waals surface area contributed by atoms with Gasteiger partial charge in [-0.3, -0.25) is 37.3 Å². The Labute approximate surface area is 626 Å². The van der Waals surface area contributed by atoms with Crippen LogP contribution in [0.5, 0.6) is 0 Å². The molecule has 2 unspecified atom stereocenters. The third-order valence-corrected chi connectivity index (χ3v) is 21.4. The second-order valence-electron chi connectivity index (χ2n) is 30.3. The van der Waals surface area contributed by atoms with E-state index in [0.717, 1.165) is 102 Å². The van der Waals surface area contributed by atoms with Crippen LogP contribution in [-0.4, -0.2) is 96.7 Å². The lowest BCUT2D eigenvalue weighted by Gasteiger charge is -2.21. The van der Waals surface area contributed by atoms with Crippen LogP contribution in [0.2, 0.25) is 0 Å². The van der Waals surface area contributed by atoms with Crippen LogP contribution in [0.15, 0.2) is 0 Å². The van der Waals surface area contributed by atoms with Crippen molar-refractivity contribution in [3.63, 3.8) is 0 Å². The van der Waals surface area contributed by atoms with Crippen LogP contribution in [0.1, 0.15) is 446 Å². The predicted octanol–water partition coefficient (Wildman–Crippen LogP) is 25.2. The van der Waals surface area contributed by atoms with E-state index in [9.17, 15) is 43.2 Å². The van der Waals surface area contributed by atoms with E-state index in [-0.39, 0.29) is 25.7 Å². The van der Waals surface area contributed by atoms with Gasteiger partial charge in [0.15, 0.2) is 12.2 Å². The van der Waals surface area contributed by atoms with E-state index in [4.69, 9.17) is 37.0 Å². The molecule has 3 N–H and O–H groups in total. The van der Waals surface area contributed by atoms with E-state index in [1.165, 1.54) is 263 Å². The van der Waals surface area contributed by atoms with Crippen molar-refractivity contribution in [2.24, 2.45) is 5.92 Å². The Balaban J connectivity index is 5.17. The number of hydrogen-bond donors (Lipinski definition) is 3. The van der Waals surface area contributed by atoms with Crippen LogP contribution in [0, 0.1) is 5.92 Å². The molecule has 0 aliphatic rings. The Morgan fingerprint density at radius 2 is 0.451 bits per heavy atom. The number of esters is 4. The fraction of sp³-hybridized carbons (Fsp3) is 0.952. The molecule has 0 spiro atoms. The summed E-state index contributed by atoms with van der Waals surface area (Å²) in [6, 6.07) is 0. The smallest absolute Gasteiger partial charge is 0.462 e. The van der Waals surface area contributed by atoms with Crippen molar-refractivity contribution in [2.45, 2.75) is 464 Å². The van der Waals surface area contributed by atoms with Gasteiger partial charge >= 0.3 is 39.5 Å². The molecule has 0 aliphatic heterocycles. The normalized spacial score (nSPS) is 13.8. The zero-order valence-electron chi connectivity index (χ0n) is 66.8. The molecule has 0 bridgehead atoms. The van der Waals surface area contributed by atoms with Gasteiger partial charge in [-0.05, 0) is 31.6 Å². The number of rotatable bonds is 83. The molecule has 5 atom stereocenters. The SMILES string of the molecule is CCCCCCCCCCCCCCCCCCCCCCCC(=O)O[C@H](COC(=O)CCCCCCCCCCCCCCCCCCCCCC)COP(=O)(O)OC[C@@H](O)COP(=O)(O)OC[C@@H](COC(=O)CCCCCCCCCC)OC(=O)CCCCCCCCCCCCC(C)C. The summed E-state index contributed by atoms with van der Waals surface area (Å²) in [5, 5.41) is 10.6. The van der Waals surface area contributed by atoms with Crippen molar-refractivity contribution in [1.82, 2.24) is 0 Å². The van der Waals surface area contributed by atoms with Gasteiger partial charge in [-0.15, -0.1) is 0 Å². The maximum absolute atomic E-state index is 13.1. The largest absolute Gasteiger partial charge is 0.472 e. The van der Waals surface area contributed by atoms with Crippen molar-refractivity contribution < 1.29 is 80.2 Å². The van der Waals surface area contributed by atoms with E-state index in [1.54, 1.807) is 0 Å². The van der Waals surface area contributed by atoms with Gasteiger partial charge < -0.3 is 33.8 Å². The highest BCUT2D eigenvalue weighted by molar-refractivity contribution is 7.47. The predicted molar refractivity (Wildman–Crippen MR) is 418 cm³/mol. The molecule has 0 radical (unpaired) electrons. The van der Waals surface area contributed by atoms with E-state index in [0.29, 0.717) is 25.7 Å². The van der Waals surface area contributed by atoms with Gasteiger partial charge in [0.25, 0.3) is 0 Å². The number of aliphatic hydroxyl groups excluding tert-OH is 1. The molecule has 0 saturated carbocycles. The molecule has 0 aromatic rings. The first-order valence-electron chi connectivity index (χ1n) is 43.1. The molecule has 19 heteroatoms. The summed E-state index contributed by atoms with van der Waals surface area (Å²) in [6.07, 6.45) is 68.3. The highest BCUT2D eigenvalue weighted by Gasteiger charge is 2.30. The summed E-state index contributed by atoms with van der Waals surface area (Å²) in [4.78, 5) is 73.0. The van der Waals surface area contributed by atoms with E-state index < -0.39 is 97.5 Å². The Bertz CT molecular complexity index is 1940. The first kappa shape index (κ1) is 100. The first-order valence-corrected chi connectivity index (χ1v) is 46.1. The lowest BCUT2D eigenvalue weighted by molar-refractivity contribution is -0.161. The van der Waals surface area contributed by atoms with Crippen molar-refractivity contribution in [3.8, 4) is 0 Å². The maximum Gasteiger partial charge on any atom is 0.472 e. The van der Waals surface area contributed by atoms with Crippen molar-refractivity contribution in [1.29, 1.82) is 0 Å². The van der Waals surface area contributed by atoms with Crippen LogP contribution in [0.3, 0.4) is 0 Å². The Hall–Kier alpha value is -1.94. The van der Waals surface area contributed by atoms with Gasteiger partial charge in [-0.1, -0.05) is 394 Å². The summed E-state index contributed by atoms with van der Waals surface area (Å²) in [5.41, 5.74) is 0. The van der Waals surface area contributed by atoms with Gasteiger partial charge in [0, 0.05) is 25.7 Å². The molecular weight excluding hydrogens is 1330 g/mol. The molecule has 0 fully saturated rings. The van der Waals surface area contributed by atoms with Gasteiger partial charge in [0.2, 0.25) is 0 Å². The lowest BCUT2D eigenvalue weighted by Crippen LogP contribution is -2.30. The number of phosphoric acid groups is 2. The van der Waals surface area contributed by atoms with Crippen molar-refractivity contribution in [2.75, 3.05) is 39.6 Å². The van der Waals surface area contributed by atoms with E-state index >= 15 is 0 Å². The molecule has 0 amide bonds. The van der Waals surface area contributed by atoms with Gasteiger partial charge in [-0.25, -0.2) is 9.13 Å². The van der Waals surface area contributed by atoms with Crippen LogP contribution in [-0.2, 0) is 65.4 Å². The minimum Gasteiger partial charge on any atom is -0.462 e.